The van der Waals surface area contributed by atoms with Gasteiger partial charge in [0.15, 0.2) is 0 Å². The first-order chi connectivity index (χ1) is 15.1. The molecule has 1 aliphatic rings. The largest absolute Gasteiger partial charge is 0.338 e. The maximum absolute atomic E-state index is 13.3. The highest BCUT2D eigenvalue weighted by atomic mass is 16.2. The minimum absolute atomic E-state index is 0.234. The van der Waals surface area contributed by atoms with E-state index in [1.54, 1.807) is 30.8 Å². The molecule has 0 saturated carbocycles. The Labute approximate surface area is 179 Å². The molecule has 0 spiro atoms. The van der Waals surface area contributed by atoms with Crippen molar-refractivity contribution in [1.29, 1.82) is 0 Å². The average Bonchev–Trinajstić information content (AvgIpc) is 3.40. The van der Waals surface area contributed by atoms with Crippen molar-refractivity contribution in [1.82, 2.24) is 20.3 Å². The molecule has 3 aromatic rings. The SMILES string of the molecule is CC/C=C1\C=NC(C(=O)c2cc(-c3cccnc3)cc3[nH]c(NC(=O)NCC)nc23)=C1. The van der Waals surface area contributed by atoms with E-state index in [1.165, 1.54) is 0 Å². The molecule has 3 N–H and O–H groups in total. The zero-order chi connectivity index (χ0) is 21.8. The molecule has 0 atom stereocenters. The van der Waals surface area contributed by atoms with Crippen molar-refractivity contribution in [2.75, 3.05) is 11.9 Å². The molecule has 8 heteroatoms. The topological polar surface area (TPSA) is 112 Å². The third-order valence-electron chi connectivity index (χ3n) is 4.72. The van der Waals surface area contributed by atoms with E-state index in [9.17, 15) is 9.59 Å². The van der Waals surface area contributed by atoms with Gasteiger partial charge in [-0.15, -0.1) is 0 Å². The molecule has 1 aromatic carbocycles. The first kappa shape index (κ1) is 20.2. The predicted octanol–water partition coefficient (Wildman–Crippen LogP) is 4.25. The number of fused-ring (bicyclic) bond motifs is 1. The Morgan fingerprint density at radius 1 is 1.19 bits per heavy atom. The van der Waals surface area contributed by atoms with E-state index >= 15 is 0 Å². The maximum atomic E-state index is 13.3. The fraction of sp³-hybridized carbons (Fsp3) is 0.174. The fourth-order valence-electron chi connectivity index (χ4n) is 3.35. The number of aromatic nitrogens is 3. The lowest BCUT2D eigenvalue weighted by Crippen LogP contribution is -2.28. The fourth-order valence-corrected chi connectivity index (χ4v) is 3.35. The molecule has 156 valence electrons. The number of ketones is 1. The van der Waals surface area contributed by atoms with Crippen LogP contribution in [-0.2, 0) is 0 Å². The number of urea groups is 1. The smallest absolute Gasteiger partial charge is 0.321 e. The summed E-state index contributed by atoms with van der Waals surface area (Å²) in [6.45, 7) is 4.34. The van der Waals surface area contributed by atoms with Crippen LogP contribution in [0, 0.1) is 0 Å². The van der Waals surface area contributed by atoms with Crippen LogP contribution in [0.1, 0.15) is 30.6 Å². The van der Waals surface area contributed by atoms with Crippen molar-refractivity contribution in [3.8, 4) is 11.1 Å². The number of carbonyl (C=O) groups excluding carboxylic acids is 2. The molecule has 31 heavy (non-hydrogen) atoms. The summed E-state index contributed by atoms with van der Waals surface area (Å²) < 4.78 is 0. The lowest BCUT2D eigenvalue weighted by atomic mass is 9.99. The molecular formula is C23H22N6O2. The van der Waals surface area contributed by atoms with Crippen LogP contribution >= 0.6 is 0 Å². The number of pyridine rings is 1. The van der Waals surface area contributed by atoms with Crippen molar-refractivity contribution < 1.29 is 9.59 Å². The van der Waals surface area contributed by atoms with Crippen LogP contribution in [0.5, 0.6) is 0 Å². The Morgan fingerprint density at radius 3 is 2.81 bits per heavy atom. The quantitative estimate of drug-likeness (QED) is 0.523. The molecule has 0 unspecified atom stereocenters. The highest BCUT2D eigenvalue weighted by molar-refractivity contribution is 6.18. The molecule has 2 amide bonds. The number of imidazole rings is 1. The Bertz CT molecular complexity index is 1240. The van der Waals surface area contributed by atoms with Crippen molar-refractivity contribution in [2.24, 2.45) is 4.99 Å². The van der Waals surface area contributed by atoms with Crippen LogP contribution in [0.25, 0.3) is 22.2 Å². The number of benzene rings is 1. The Morgan fingerprint density at radius 2 is 2.06 bits per heavy atom. The van der Waals surface area contributed by atoms with E-state index in [4.69, 9.17) is 0 Å². The van der Waals surface area contributed by atoms with Crippen molar-refractivity contribution in [3.05, 3.63) is 65.6 Å². The monoisotopic (exact) mass is 414 g/mol. The number of hydrogen-bond donors (Lipinski definition) is 3. The minimum atomic E-state index is -0.376. The van der Waals surface area contributed by atoms with Gasteiger partial charge in [-0.3, -0.25) is 20.1 Å². The van der Waals surface area contributed by atoms with Gasteiger partial charge < -0.3 is 10.3 Å². The van der Waals surface area contributed by atoms with Gasteiger partial charge in [0.1, 0.15) is 11.2 Å². The third-order valence-corrected chi connectivity index (χ3v) is 4.72. The van der Waals surface area contributed by atoms with Crippen LogP contribution in [0.15, 0.2) is 65.1 Å². The van der Waals surface area contributed by atoms with Crippen molar-refractivity contribution in [3.63, 3.8) is 0 Å². The van der Waals surface area contributed by atoms with Crippen LogP contribution in [0.4, 0.5) is 10.7 Å². The summed E-state index contributed by atoms with van der Waals surface area (Å²) in [5, 5.41) is 5.31. The average molecular weight is 414 g/mol. The molecule has 4 rings (SSSR count). The van der Waals surface area contributed by atoms with Crippen LogP contribution < -0.4 is 10.6 Å². The van der Waals surface area contributed by atoms with Gasteiger partial charge in [0, 0.05) is 30.7 Å². The molecular weight excluding hydrogens is 392 g/mol. The molecule has 1 aliphatic heterocycles. The van der Waals surface area contributed by atoms with E-state index in [-0.39, 0.29) is 17.8 Å². The minimum Gasteiger partial charge on any atom is -0.338 e. The number of anilines is 1. The number of aromatic amines is 1. The number of carbonyl (C=O) groups is 2. The molecule has 0 fully saturated rings. The molecule has 0 saturated heterocycles. The van der Waals surface area contributed by atoms with Gasteiger partial charge in [-0.25, -0.2) is 9.78 Å². The number of allylic oxidation sites excluding steroid dienone is 4. The van der Waals surface area contributed by atoms with Gasteiger partial charge >= 0.3 is 6.03 Å². The predicted molar refractivity (Wildman–Crippen MR) is 121 cm³/mol. The summed E-state index contributed by atoms with van der Waals surface area (Å²) in [5.41, 5.74) is 4.43. The number of Topliss-reactive ketones (excluding diaryl/α,β-unsaturated/α-hetero) is 1. The van der Waals surface area contributed by atoms with Gasteiger partial charge in [-0.2, -0.15) is 0 Å². The number of H-pyrrole nitrogens is 1. The second-order valence-electron chi connectivity index (χ2n) is 6.96. The molecule has 2 aromatic heterocycles. The van der Waals surface area contributed by atoms with E-state index < -0.39 is 0 Å². The molecule has 0 bridgehead atoms. The number of hydrogen-bond acceptors (Lipinski definition) is 5. The highest BCUT2D eigenvalue weighted by Crippen LogP contribution is 2.30. The second-order valence-corrected chi connectivity index (χ2v) is 6.96. The number of nitrogens with zero attached hydrogens (tertiary/aromatic N) is 3. The van der Waals surface area contributed by atoms with Crippen LogP contribution in [0.3, 0.4) is 0 Å². The molecule has 8 nitrogen and oxygen atoms in total. The molecule has 0 radical (unpaired) electrons. The number of rotatable bonds is 6. The van der Waals surface area contributed by atoms with E-state index in [2.05, 4.69) is 30.6 Å². The standard InChI is InChI=1S/C23H22N6O2/c1-3-6-14-9-19(26-12-14)21(30)17-10-16(15-7-5-8-24-13-15)11-18-20(17)28-22(27-18)29-23(31)25-4-2/h5-13H,3-4H2,1-2H3,(H3,25,27,28,29,31)/b14-6-. The zero-order valence-corrected chi connectivity index (χ0v) is 17.3. The van der Waals surface area contributed by atoms with Gasteiger partial charge in [0.05, 0.1) is 11.1 Å². The first-order valence-corrected chi connectivity index (χ1v) is 10.1. The lowest BCUT2D eigenvalue weighted by Gasteiger charge is -2.06. The first-order valence-electron chi connectivity index (χ1n) is 10.1. The number of aliphatic imine (C=N–C) groups is 1. The maximum Gasteiger partial charge on any atom is 0.321 e. The summed E-state index contributed by atoms with van der Waals surface area (Å²) in [5.74, 6) is 0.0244. The van der Waals surface area contributed by atoms with Crippen LogP contribution in [-0.4, -0.2) is 39.5 Å². The molecule has 3 heterocycles. The third kappa shape index (κ3) is 4.28. The van der Waals surface area contributed by atoms with Crippen molar-refractivity contribution in [2.45, 2.75) is 20.3 Å². The Kier molecular flexibility index (Phi) is 5.70. The second kappa shape index (κ2) is 8.74. The van der Waals surface area contributed by atoms with Crippen molar-refractivity contribution >= 4 is 35.0 Å². The lowest BCUT2D eigenvalue weighted by molar-refractivity contribution is 0.103. The van der Waals surface area contributed by atoms with E-state index in [0.29, 0.717) is 28.8 Å². The summed E-state index contributed by atoms with van der Waals surface area (Å²) in [6, 6.07) is 7.05. The normalized spacial score (nSPS) is 14.1. The zero-order valence-electron chi connectivity index (χ0n) is 17.3. The van der Waals surface area contributed by atoms with E-state index in [0.717, 1.165) is 23.1 Å². The Hall–Kier alpha value is -4.07. The van der Waals surface area contributed by atoms with E-state index in [1.807, 2.05) is 38.1 Å². The Balaban J connectivity index is 1.81. The van der Waals surface area contributed by atoms with Crippen LogP contribution in [0.2, 0.25) is 0 Å². The summed E-state index contributed by atoms with van der Waals surface area (Å²) in [7, 11) is 0. The van der Waals surface area contributed by atoms with Gasteiger partial charge in [0.25, 0.3) is 0 Å². The van der Waals surface area contributed by atoms with Gasteiger partial charge in [0.2, 0.25) is 11.7 Å². The summed E-state index contributed by atoms with van der Waals surface area (Å²) >= 11 is 0. The van der Waals surface area contributed by atoms with Gasteiger partial charge in [-0.05, 0) is 48.8 Å². The summed E-state index contributed by atoms with van der Waals surface area (Å²) in [4.78, 5) is 41.3. The number of nitrogens with one attached hydrogen (secondary N) is 3. The molecule has 0 aliphatic carbocycles. The number of amides is 2. The summed E-state index contributed by atoms with van der Waals surface area (Å²) in [6.07, 6.45) is 9.75. The van der Waals surface area contributed by atoms with Gasteiger partial charge in [-0.1, -0.05) is 19.1 Å². The highest BCUT2D eigenvalue weighted by Gasteiger charge is 2.21.